The Morgan fingerprint density at radius 3 is 2.56 bits per heavy atom. The van der Waals surface area contributed by atoms with Crippen LogP contribution >= 0.6 is 0 Å². The fourth-order valence-electron chi connectivity index (χ4n) is 4.49. The van der Waals surface area contributed by atoms with Crippen LogP contribution < -0.4 is 10.3 Å². The maximum atomic E-state index is 13.6. The van der Waals surface area contributed by atoms with Gasteiger partial charge in [-0.05, 0) is 24.1 Å². The summed E-state index contributed by atoms with van der Waals surface area (Å²) in [6, 6.07) is 5.07. The number of carbonyl (C=O) groups is 2. The first-order valence-electron chi connectivity index (χ1n) is 11.3. The van der Waals surface area contributed by atoms with Gasteiger partial charge in [-0.2, -0.15) is 0 Å². The van der Waals surface area contributed by atoms with Crippen molar-refractivity contribution in [1.82, 2.24) is 14.4 Å². The topological polar surface area (TPSA) is 81.1 Å². The summed E-state index contributed by atoms with van der Waals surface area (Å²) in [5.74, 6) is -2.20. The fourth-order valence-corrected chi connectivity index (χ4v) is 4.49. The number of carbonyl (C=O) groups excluding carboxylic acids is 2. The van der Waals surface area contributed by atoms with Crippen LogP contribution in [-0.2, 0) is 29.0 Å². The van der Waals surface area contributed by atoms with E-state index >= 15 is 0 Å². The van der Waals surface area contributed by atoms with Gasteiger partial charge in [-0.1, -0.05) is 6.07 Å². The van der Waals surface area contributed by atoms with Crippen LogP contribution in [0, 0.1) is 11.6 Å². The molecule has 4 rings (SSSR count). The van der Waals surface area contributed by atoms with Gasteiger partial charge >= 0.3 is 5.97 Å². The standard InChI is InChI=1S/C24H27F2N3O5/c1-33-24(32)23-19-6-8-27(15-16-4-5-17(25)18(26)13-16)9-10-29(19)22(31)14-20(23)34-12-11-28-7-2-3-21(28)30/h4-5,13-14H,2-3,6-12,15H2,1H3. The van der Waals surface area contributed by atoms with Crippen molar-refractivity contribution in [3.8, 4) is 5.75 Å². The van der Waals surface area contributed by atoms with E-state index in [1.807, 2.05) is 4.90 Å². The molecule has 0 atom stereocenters. The van der Waals surface area contributed by atoms with Gasteiger partial charge in [0.1, 0.15) is 17.9 Å². The first kappa shape index (κ1) is 23.9. The van der Waals surface area contributed by atoms with Gasteiger partial charge in [0.05, 0.1) is 13.7 Å². The predicted molar refractivity (Wildman–Crippen MR) is 119 cm³/mol. The predicted octanol–water partition coefficient (Wildman–Crippen LogP) is 1.97. The smallest absolute Gasteiger partial charge is 0.343 e. The molecule has 0 spiro atoms. The van der Waals surface area contributed by atoms with Crippen LogP contribution in [0.5, 0.6) is 5.75 Å². The normalized spacial score (nSPS) is 16.3. The zero-order valence-corrected chi connectivity index (χ0v) is 19.0. The highest BCUT2D eigenvalue weighted by atomic mass is 19.2. The van der Waals surface area contributed by atoms with Crippen molar-refractivity contribution in [3.63, 3.8) is 0 Å². The number of halogens is 2. The number of fused-ring (bicyclic) bond motifs is 1. The SMILES string of the molecule is COC(=O)c1c(OCCN2CCCC2=O)cc(=O)n2c1CCN(Cc1ccc(F)c(F)c1)CC2. The Balaban J connectivity index is 1.53. The Bertz CT molecular complexity index is 1150. The zero-order chi connectivity index (χ0) is 24.2. The van der Waals surface area contributed by atoms with Crippen molar-refractivity contribution < 1.29 is 27.8 Å². The second-order valence-corrected chi connectivity index (χ2v) is 8.42. The van der Waals surface area contributed by atoms with E-state index in [0.717, 1.165) is 18.6 Å². The molecule has 8 nitrogen and oxygen atoms in total. The van der Waals surface area contributed by atoms with E-state index in [2.05, 4.69) is 0 Å². The van der Waals surface area contributed by atoms with Gasteiger partial charge in [-0.25, -0.2) is 13.6 Å². The Kier molecular flexibility index (Phi) is 7.26. The third-order valence-corrected chi connectivity index (χ3v) is 6.26. The quantitative estimate of drug-likeness (QED) is 0.570. The van der Waals surface area contributed by atoms with Crippen molar-refractivity contribution in [2.75, 3.05) is 39.9 Å². The molecule has 1 aromatic carbocycles. The van der Waals surface area contributed by atoms with Crippen LogP contribution in [0.4, 0.5) is 8.78 Å². The fraction of sp³-hybridized carbons (Fsp3) is 0.458. The highest BCUT2D eigenvalue weighted by molar-refractivity contribution is 5.93. The minimum Gasteiger partial charge on any atom is -0.491 e. The summed E-state index contributed by atoms with van der Waals surface area (Å²) in [5.41, 5.74) is 1.03. The van der Waals surface area contributed by atoms with E-state index in [9.17, 15) is 23.2 Å². The molecule has 0 saturated carbocycles. The number of aromatic nitrogens is 1. The first-order chi connectivity index (χ1) is 16.4. The first-order valence-corrected chi connectivity index (χ1v) is 11.3. The summed E-state index contributed by atoms with van der Waals surface area (Å²) in [4.78, 5) is 41.1. The molecule has 3 heterocycles. The van der Waals surface area contributed by atoms with Gasteiger partial charge in [0.2, 0.25) is 5.91 Å². The number of esters is 1. The molecule has 0 aliphatic carbocycles. The summed E-state index contributed by atoms with van der Waals surface area (Å²) in [6.07, 6.45) is 1.70. The molecular formula is C24H27F2N3O5. The minimum atomic E-state index is -0.905. The molecule has 34 heavy (non-hydrogen) atoms. The van der Waals surface area contributed by atoms with Gasteiger partial charge in [0.15, 0.2) is 11.6 Å². The average molecular weight is 475 g/mol. The number of pyridine rings is 1. The van der Waals surface area contributed by atoms with Crippen LogP contribution in [-0.4, -0.2) is 66.1 Å². The molecule has 0 N–H and O–H groups in total. The van der Waals surface area contributed by atoms with Crippen LogP contribution in [0.25, 0.3) is 0 Å². The largest absolute Gasteiger partial charge is 0.491 e. The Morgan fingerprint density at radius 2 is 1.85 bits per heavy atom. The lowest BCUT2D eigenvalue weighted by Crippen LogP contribution is -2.31. The van der Waals surface area contributed by atoms with Gasteiger partial charge in [-0.15, -0.1) is 0 Å². The second kappa shape index (κ2) is 10.3. The maximum absolute atomic E-state index is 13.6. The maximum Gasteiger partial charge on any atom is 0.343 e. The van der Waals surface area contributed by atoms with Crippen LogP contribution in [0.1, 0.15) is 34.5 Å². The summed E-state index contributed by atoms with van der Waals surface area (Å²) >= 11 is 0. The number of hydrogen-bond donors (Lipinski definition) is 0. The number of ether oxygens (including phenoxy) is 2. The van der Waals surface area contributed by atoms with Gasteiger partial charge in [0.25, 0.3) is 5.56 Å². The van der Waals surface area contributed by atoms with Crippen molar-refractivity contribution in [2.45, 2.75) is 32.4 Å². The molecule has 0 bridgehead atoms. The Labute approximate surface area is 195 Å². The zero-order valence-electron chi connectivity index (χ0n) is 19.0. The van der Waals surface area contributed by atoms with Crippen molar-refractivity contribution in [2.24, 2.45) is 0 Å². The number of amides is 1. The van der Waals surface area contributed by atoms with Gasteiger partial charge in [-0.3, -0.25) is 14.5 Å². The van der Waals surface area contributed by atoms with Gasteiger partial charge < -0.3 is 18.9 Å². The molecule has 182 valence electrons. The van der Waals surface area contributed by atoms with E-state index in [1.165, 1.54) is 23.8 Å². The van der Waals surface area contributed by atoms with E-state index in [1.54, 1.807) is 4.90 Å². The van der Waals surface area contributed by atoms with E-state index in [-0.39, 0.29) is 29.4 Å². The van der Waals surface area contributed by atoms with Crippen LogP contribution in [0.15, 0.2) is 29.1 Å². The van der Waals surface area contributed by atoms with E-state index in [4.69, 9.17) is 9.47 Å². The number of benzene rings is 1. The van der Waals surface area contributed by atoms with Crippen molar-refractivity contribution in [1.29, 1.82) is 0 Å². The molecule has 10 heteroatoms. The van der Waals surface area contributed by atoms with E-state index < -0.39 is 17.6 Å². The molecule has 1 amide bonds. The molecule has 2 aliphatic rings. The summed E-state index contributed by atoms with van der Waals surface area (Å²) in [5, 5.41) is 0. The molecule has 2 aromatic rings. The lowest BCUT2D eigenvalue weighted by Gasteiger charge is -2.19. The number of methoxy groups -OCH3 is 1. The lowest BCUT2D eigenvalue weighted by molar-refractivity contribution is -0.128. The van der Waals surface area contributed by atoms with Crippen molar-refractivity contribution in [3.05, 3.63) is 63.1 Å². The molecule has 1 fully saturated rings. The van der Waals surface area contributed by atoms with Gasteiger partial charge in [0, 0.05) is 57.3 Å². The van der Waals surface area contributed by atoms with Crippen LogP contribution in [0.2, 0.25) is 0 Å². The second-order valence-electron chi connectivity index (χ2n) is 8.42. The van der Waals surface area contributed by atoms with Crippen molar-refractivity contribution >= 4 is 11.9 Å². The number of hydrogen-bond acceptors (Lipinski definition) is 6. The average Bonchev–Trinajstić information content (AvgIpc) is 3.10. The Hall–Kier alpha value is -3.27. The molecule has 1 saturated heterocycles. The number of nitrogens with zero attached hydrogens (tertiary/aromatic N) is 3. The third-order valence-electron chi connectivity index (χ3n) is 6.26. The molecular weight excluding hydrogens is 448 g/mol. The van der Waals surface area contributed by atoms with Crippen LogP contribution in [0.3, 0.4) is 0 Å². The summed E-state index contributed by atoms with van der Waals surface area (Å²) < 4.78 is 39.2. The summed E-state index contributed by atoms with van der Waals surface area (Å²) in [6.45, 7) is 2.89. The Morgan fingerprint density at radius 1 is 1.03 bits per heavy atom. The highest BCUT2D eigenvalue weighted by Crippen LogP contribution is 2.25. The lowest BCUT2D eigenvalue weighted by atomic mass is 10.1. The number of likely N-dealkylation sites (tertiary alicyclic amines) is 1. The molecule has 0 radical (unpaired) electrons. The summed E-state index contributed by atoms with van der Waals surface area (Å²) in [7, 11) is 1.27. The molecule has 1 aromatic heterocycles. The molecule has 2 aliphatic heterocycles. The molecule has 0 unspecified atom stereocenters. The van der Waals surface area contributed by atoms with E-state index in [0.29, 0.717) is 63.4 Å². The number of rotatable bonds is 7. The monoisotopic (exact) mass is 475 g/mol. The minimum absolute atomic E-state index is 0.0694. The highest BCUT2D eigenvalue weighted by Gasteiger charge is 2.27. The third kappa shape index (κ3) is 5.11.